The molecule has 0 bridgehead atoms. The first-order valence-corrected chi connectivity index (χ1v) is 6.38. The SMILES string of the molecule is CCCn1cc(N)cc1C(=O)N(CCO)C(C)C. The highest BCUT2D eigenvalue weighted by Gasteiger charge is 2.21. The van der Waals surface area contributed by atoms with Gasteiger partial charge in [-0.25, -0.2) is 0 Å². The molecule has 1 aromatic rings. The number of carbonyl (C=O) groups excluding carboxylic acids is 1. The quantitative estimate of drug-likeness (QED) is 0.803. The van der Waals surface area contributed by atoms with Crippen molar-refractivity contribution in [2.45, 2.75) is 39.8 Å². The van der Waals surface area contributed by atoms with Crippen LogP contribution in [0.5, 0.6) is 0 Å². The summed E-state index contributed by atoms with van der Waals surface area (Å²) in [6.07, 6.45) is 2.73. The van der Waals surface area contributed by atoms with Gasteiger partial charge in [0.15, 0.2) is 0 Å². The summed E-state index contributed by atoms with van der Waals surface area (Å²) in [5, 5.41) is 9.03. The van der Waals surface area contributed by atoms with Crippen LogP contribution in [-0.4, -0.2) is 39.7 Å². The van der Waals surface area contributed by atoms with Crippen molar-refractivity contribution in [1.29, 1.82) is 0 Å². The van der Waals surface area contributed by atoms with E-state index in [0.717, 1.165) is 13.0 Å². The molecule has 0 aliphatic heterocycles. The van der Waals surface area contributed by atoms with Crippen LogP contribution in [0.3, 0.4) is 0 Å². The Kier molecular flexibility index (Phi) is 5.22. The smallest absolute Gasteiger partial charge is 0.270 e. The minimum atomic E-state index is -0.0794. The lowest BCUT2D eigenvalue weighted by Crippen LogP contribution is -2.39. The molecule has 3 N–H and O–H groups in total. The zero-order valence-electron chi connectivity index (χ0n) is 11.4. The number of carbonyl (C=O) groups is 1. The molecule has 0 aliphatic carbocycles. The molecule has 5 nitrogen and oxygen atoms in total. The Morgan fingerprint density at radius 3 is 2.72 bits per heavy atom. The molecule has 1 aromatic heterocycles. The molecule has 0 saturated carbocycles. The second-order valence-corrected chi connectivity index (χ2v) is 4.67. The van der Waals surface area contributed by atoms with Crippen molar-refractivity contribution in [2.75, 3.05) is 18.9 Å². The number of aryl methyl sites for hydroxylation is 1. The maximum absolute atomic E-state index is 12.4. The van der Waals surface area contributed by atoms with Crippen molar-refractivity contribution in [3.8, 4) is 0 Å². The lowest BCUT2D eigenvalue weighted by molar-refractivity contribution is 0.0654. The molecule has 0 atom stereocenters. The molecule has 0 aromatic carbocycles. The molecule has 0 saturated heterocycles. The summed E-state index contributed by atoms with van der Waals surface area (Å²) in [7, 11) is 0. The van der Waals surface area contributed by atoms with Crippen LogP contribution < -0.4 is 5.73 Å². The van der Waals surface area contributed by atoms with Gasteiger partial charge in [0.1, 0.15) is 5.69 Å². The molecule has 102 valence electrons. The van der Waals surface area contributed by atoms with E-state index in [1.165, 1.54) is 0 Å². The molecular weight excluding hydrogens is 230 g/mol. The van der Waals surface area contributed by atoms with Crippen molar-refractivity contribution in [1.82, 2.24) is 9.47 Å². The predicted octanol–water partition coefficient (Wildman–Crippen LogP) is 1.32. The Balaban J connectivity index is 3.00. The molecule has 0 radical (unpaired) electrons. The van der Waals surface area contributed by atoms with Crippen LogP contribution in [0.25, 0.3) is 0 Å². The second kappa shape index (κ2) is 6.44. The van der Waals surface area contributed by atoms with Gasteiger partial charge in [0.05, 0.1) is 12.3 Å². The summed E-state index contributed by atoms with van der Waals surface area (Å²) in [5.41, 5.74) is 6.95. The Bertz CT molecular complexity index is 399. The number of aliphatic hydroxyl groups is 1. The Morgan fingerprint density at radius 1 is 1.56 bits per heavy atom. The average molecular weight is 253 g/mol. The number of aromatic nitrogens is 1. The van der Waals surface area contributed by atoms with Gasteiger partial charge in [0.25, 0.3) is 5.91 Å². The number of anilines is 1. The van der Waals surface area contributed by atoms with E-state index < -0.39 is 0 Å². The van der Waals surface area contributed by atoms with Crippen LogP contribution in [0.15, 0.2) is 12.3 Å². The van der Waals surface area contributed by atoms with Crippen LogP contribution >= 0.6 is 0 Å². The molecule has 1 amide bonds. The van der Waals surface area contributed by atoms with E-state index in [0.29, 0.717) is 17.9 Å². The number of amides is 1. The van der Waals surface area contributed by atoms with Gasteiger partial charge in [-0.15, -0.1) is 0 Å². The topological polar surface area (TPSA) is 71.5 Å². The number of aliphatic hydroxyl groups excluding tert-OH is 1. The number of hydrogen-bond donors (Lipinski definition) is 2. The Hall–Kier alpha value is -1.49. The van der Waals surface area contributed by atoms with Gasteiger partial charge in [-0.2, -0.15) is 0 Å². The molecule has 0 aliphatic rings. The van der Waals surface area contributed by atoms with E-state index in [1.54, 1.807) is 17.2 Å². The van der Waals surface area contributed by atoms with Gasteiger partial charge in [-0.05, 0) is 26.3 Å². The first-order chi connectivity index (χ1) is 8.51. The average Bonchev–Trinajstić information content (AvgIpc) is 2.66. The highest BCUT2D eigenvalue weighted by Crippen LogP contribution is 2.15. The summed E-state index contributed by atoms with van der Waals surface area (Å²) >= 11 is 0. The number of rotatable bonds is 6. The standard InChI is InChI=1S/C13H23N3O2/c1-4-5-15-9-11(14)8-12(15)13(18)16(6-7-17)10(2)3/h8-10,17H,4-7,14H2,1-3H3. The molecule has 0 unspecified atom stereocenters. The maximum atomic E-state index is 12.4. The fourth-order valence-corrected chi connectivity index (χ4v) is 1.99. The molecule has 1 rings (SSSR count). The van der Waals surface area contributed by atoms with Crippen LogP contribution in [0, 0.1) is 0 Å². The lowest BCUT2D eigenvalue weighted by Gasteiger charge is -2.26. The summed E-state index contributed by atoms with van der Waals surface area (Å²) in [4.78, 5) is 14.1. The van der Waals surface area contributed by atoms with Crippen molar-refractivity contribution in [3.63, 3.8) is 0 Å². The first-order valence-electron chi connectivity index (χ1n) is 6.38. The van der Waals surface area contributed by atoms with E-state index in [9.17, 15) is 4.79 Å². The molecule has 0 fully saturated rings. The van der Waals surface area contributed by atoms with E-state index in [1.807, 2.05) is 18.4 Å². The monoisotopic (exact) mass is 253 g/mol. The highest BCUT2D eigenvalue weighted by atomic mass is 16.3. The maximum Gasteiger partial charge on any atom is 0.270 e. The zero-order valence-corrected chi connectivity index (χ0v) is 11.4. The Morgan fingerprint density at radius 2 is 2.22 bits per heavy atom. The van der Waals surface area contributed by atoms with E-state index in [-0.39, 0.29) is 18.6 Å². The summed E-state index contributed by atoms with van der Waals surface area (Å²) < 4.78 is 1.88. The van der Waals surface area contributed by atoms with Crippen LogP contribution in [0.1, 0.15) is 37.7 Å². The summed E-state index contributed by atoms with van der Waals surface area (Å²) in [5.74, 6) is -0.0794. The third kappa shape index (κ3) is 3.26. The van der Waals surface area contributed by atoms with Gasteiger partial charge in [-0.1, -0.05) is 6.92 Å². The highest BCUT2D eigenvalue weighted by molar-refractivity contribution is 5.94. The van der Waals surface area contributed by atoms with E-state index in [2.05, 4.69) is 6.92 Å². The number of hydrogen-bond acceptors (Lipinski definition) is 3. The first kappa shape index (κ1) is 14.6. The van der Waals surface area contributed by atoms with Crippen LogP contribution in [-0.2, 0) is 6.54 Å². The van der Waals surface area contributed by atoms with Gasteiger partial charge in [-0.3, -0.25) is 4.79 Å². The normalized spacial score (nSPS) is 10.9. The third-order valence-electron chi connectivity index (χ3n) is 2.83. The Labute approximate surface area is 108 Å². The summed E-state index contributed by atoms with van der Waals surface area (Å²) in [6, 6.07) is 1.75. The lowest BCUT2D eigenvalue weighted by atomic mass is 10.2. The minimum absolute atomic E-state index is 0.0338. The fourth-order valence-electron chi connectivity index (χ4n) is 1.99. The minimum Gasteiger partial charge on any atom is -0.397 e. The van der Waals surface area contributed by atoms with E-state index in [4.69, 9.17) is 10.8 Å². The van der Waals surface area contributed by atoms with Gasteiger partial charge in [0.2, 0.25) is 0 Å². The molecule has 1 heterocycles. The summed E-state index contributed by atoms with van der Waals surface area (Å²) in [6.45, 7) is 7.00. The number of nitrogen functional groups attached to an aromatic ring is 1. The zero-order chi connectivity index (χ0) is 13.7. The van der Waals surface area contributed by atoms with Gasteiger partial charge in [0, 0.05) is 25.3 Å². The molecule has 5 heteroatoms. The molecule has 18 heavy (non-hydrogen) atoms. The third-order valence-corrected chi connectivity index (χ3v) is 2.83. The van der Waals surface area contributed by atoms with Crippen molar-refractivity contribution in [2.24, 2.45) is 0 Å². The number of nitrogens with zero attached hydrogens (tertiary/aromatic N) is 2. The van der Waals surface area contributed by atoms with Gasteiger partial charge >= 0.3 is 0 Å². The van der Waals surface area contributed by atoms with Crippen molar-refractivity contribution >= 4 is 11.6 Å². The van der Waals surface area contributed by atoms with Crippen LogP contribution in [0.4, 0.5) is 5.69 Å². The second-order valence-electron chi connectivity index (χ2n) is 4.67. The van der Waals surface area contributed by atoms with Crippen molar-refractivity contribution in [3.05, 3.63) is 18.0 Å². The fraction of sp³-hybridized carbons (Fsp3) is 0.615. The predicted molar refractivity (Wildman–Crippen MR) is 72.4 cm³/mol. The number of nitrogens with two attached hydrogens (primary N) is 1. The molecular formula is C13H23N3O2. The van der Waals surface area contributed by atoms with Crippen LogP contribution in [0.2, 0.25) is 0 Å². The molecule has 0 spiro atoms. The largest absolute Gasteiger partial charge is 0.397 e. The van der Waals surface area contributed by atoms with E-state index >= 15 is 0 Å². The van der Waals surface area contributed by atoms with Crippen molar-refractivity contribution < 1.29 is 9.90 Å². The van der Waals surface area contributed by atoms with Gasteiger partial charge < -0.3 is 20.3 Å².